The number of allylic oxidation sites excluding steroid dienone is 1. The van der Waals surface area contributed by atoms with Crippen LogP contribution >= 0.6 is 15.9 Å². The summed E-state index contributed by atoms with van der Waals surface area (Å²) in [6.07, 6.45) is 5.06. The van der Waals surface area contributed by atoms with Crippen LogP contribution in [-0.4, -0.2) is 10.3 Å². The van der Waals surface area contributed by atoms with E-state index >= 15 is 0 Å². The Hall–Kier alpha value is -1.61. The van der Waals surface area contributed by atoms with Gasteiger partial charge in [-0.25, -0.2) is 0 Å². The smallest absolute Gasteiger partial charge is 0.131 e. The number of para-hydroxylation sites is 1. The number of ether oxygens (including phenoxy) is 1. The summed E-state index contributed by atoms with van der Waals surface area (Å²) in [7, 11) is 0. The van der Waals surface area contributed by atoms with E-state index in [4.69, 9.17) is 4.74 Å². The average Bonchev–Trinajstić information content (AvgIpc) is 2.62. The lowest BCUT2D eigenvalue weighted by molar-refractivity contribution is 0.302. The molecule has 0 radical (unpaired) electrons. The Labute approximate surface area is 121 Å². The molecule has 0 saturated heterocycles. The van der Waals surface area contributed by atoms with Crippen LogP contribution in [0.1, 0.15) is 23.2 Å². The van der Waals surface area contributed by atoms with Crippen LogP contribution in [0.4, 0.5) is 0 Å². The first-order chi connectivity index (χ1) is 9.40. The molecule has 19 heavy (non-hydrogen) atoms. The van der Waals surface area contributed by atoms with Crippen molar-refractivity contribution in [3.05, 3.63) is 65.5 Å². The minimum atomic E-state index is 0.527. The zero-order valence-electron chi connectivity index (χ0n) is 10.5. The molecule has 0 amide bonds. The Bertz CT molecular complexity index is 572. The van der Waals surface area contributed by atoms with Crippen LogP contribution in [0.5, 0.6) is 5.75 Å². The van der Waals surface area contributed by atoms with Crippen molar-refractivity contribution < 1.29 is 4.74 Å². The summed E-state index contributed by atoms with van der Waals surface area (Å²) in [5.41, 5.74) is 4.54. The number of hydrogen-bond acceptors (Lipinski definition) is 2. The third kappa shape index (κ3) is 2.43. The van der Waals surface area contributed by atoms with E-state index in [1.165, 1.54) is 11.1 Å². The highest BCUT2D eigenvalue weighted by molar-refractivity contribution is 9.09. The van der Waals surface area contributed by atoms with E-state index in [1.807, 2.05) is 30.5 Å². The molecule has 1 aromatic carbocycles. The van der Waals surface area contributed by atoms with Crippen LogP contribution in [0.3, 0.4) is 0 Å². The van der Waals surface area contributed by atoms with E-state index in [2.05, 4.69) is 39.1 Å². The Kier molecular flexibility index (Phi) is 3.65. The fourth-order valence-electron chi connectivity index (χ4n) is 2.32. The van der Waals surface area contributed by atoms with E-state index in [0.717, 1.165) is 28.8 Å². The lowest BCUT2D eigenvalue weighted by Crippen LogP contribution is -1.98. The lowest BCUT2D eigenvalue weighted by atomic mass is 9.96. The number of halogens is 1. The predicted octanol–water partition coefficient (Wildman–Crippen LogP) is 4.19. The summed E-state index contributed by atoms with van der Waals surface area (Å²) in [5.74, 6) is 0.932. The van der Waals surface area contributed by atoms with Crippen LogP contribution in [0.2, 0.25) is 0 Å². The Morgan fingerprint density at radius 1 is 1.16 bits per heavy atom. The highest BCUT2D eigenvalue weighted by Gasteiger charge is 2.18. The standard InChI is InChI=1S/C16H14BrNO/c17-9-3-6-12-13-7-4-10-18-15(13)11-19-16-8-2-1-5-14(12)16/h1-2,4-8,10H,3,9,11H2/b12-6+. The summed E-state index contributed by atoms with van der Waals surface area (Å²) in [5, 5.41) is 0.953. The molecule has 0 unspecified atom stereocenters. The molecule has 1 aromatic heterocycles. The quantitative estimate of drug-likeness (QED) is 0.775. The zero-order chi connectivity index (χ0) is 13.1. The van der Waals surface area contributed by atoms with Gasteiger partial charge >= 0.3 is 0 Å². The van der Waals surface area contributed by atoms with Gasteiger partial charge in [0.05, 0.1) is 5.69 Å². The van der Waals surface area contributed by atoms with Gasteiger partial charge in [0.15, 0.2) is 0 Å². The number of fused-ring (bicyclic) bond motifs is 2. The van der Waals surface area contributed by atoms with E-state index in [1.54, 1.807) is 0 Å². The fourth-order valence-corrected chi connectivity index (χ4v) is 2.55. The molecular weight excluding hydrogens is 302 g/mol. The first-order valence-corrected chi connectivity index (χ1v) is 7.45. The van der Waals surface area contributed by atoms with Crippen molar-refractivity contribution in [2.75, 3.05) is 5.33 Å². The Morgan fingerprint density at radius 3 is 2.89 bits per heavy atom. The van der Waals surface area contributed by atoms with Gasteiger partial charge in [-0.2, -0.15) is 0 Å². The van der Waals surface area contributed by atoms with Crippen molar-refractivity contribution in [1.82, 2.24) is 4.98 Å². The topological polar surface area (TPSA) is 22.1 Å². The first kappa shape index (κ1) is 12.4. The molecule has 3 heteroatoms. The maximum absolute atomic E-state index is 5.87. The Morgan fingerprint density at radius 2 is 2.00 bits per heavy atom. The summed E-state index contributed by atoms with van der Waals surface area (Å²) in [6.45, 7) is 0.527. The number of alkyl halides is 1. The number of nitrogens with zero attached hydrogens (tertiary/aromatic N) is 1. The number of benzene rings is 1. The number of aromatic nitrogens is 1. The minimum absolute atomic E-state index is 0.527. The highest BCUT2D eigenvalue weighted by Crippen LogP contribution is 2.35. The molecule has 0 aliphatic carbocycles. The third-order valence-corrected chi connectivity index (χ3v) is 3.64. The monoisotopic (exact) mass is 315 g/mol. The normalized spacial score (nSPS) is 15.3. The van der Waals surface area contributed by atoms with Crippen molar-refractivity contribution >= 4 is 21.5 Å². The molecule has 96 valence electrons. The fraction of sp³-hybridized carbons (Fsp3) is 0.188. The molecule has 2 nitrogen and oxygen atoms in total. The molecular formula is C16H14BrNO. The number of pyridine rings is 1. The van der Waals surface area contributed by atoms with Gasteiger partial charge in [-0.05, 0) is 24.1 Å². The van der Waals surface area contributed by atoms with Crippen molar-refractivity contribution in [3.63, 3.8) is 0 Å². The molecule has 2 aromatic rings. The number of hydrogen-bond donors (Lipinski definition) is 0. The molecule has 2 heterocycles. The molecule has 0 spiro atoms. The number of rotatable bonds is 2. The van der Waals surface area contributed by atoms with Crippen molar-refractivity contribution in [2.24, 2.45) is 0 Å². The van der Waals surface area contributed by atoms with Crippen molar-refractivity contribution in [2.45, 2.75) is 13.0 Å². The van der Waals surface area contributed by atoms with Gasteiger partial charge in [-0.15, -0.1) is 0 Å². The van der Waals surface area contributed by atoms with Crippen LogP contribution in [0, 0.1) is 0 Å². The van der Waals surface area contributed by atoms with E-state index in [-0.39, 0.29) is 0 Å². The van der Waals surface area contributed by atoms with Gasteiger partial charge in [0.2, 0.25) is 0 Å². The predicted molar refractivity (Wildman–Crippen MR) is 80.5 cm³/mol. The summed E-state index contributed by atoms with van der Waals surface area (Å²) in [6, 6.07) is 12.3. The second kappa shape index (κ2) is 5.57. The third-order valence-electron chi connectivity index (χ3n) is 3.18. The van der Waals surface area contributed by atoms with Gasteiger partial charge in [0.25, 0.3) is 0 Å². The SMILES string of the molecule is BrCC/C=C1/c2ccccc2OCc2ncccc21. The molecule has 0 saturated carbocycles. The molecule has 0 atom stereocenters. The van der Waals surface area contributed by atoms with Crippen molar-refractivity contribution in [1.29, 1.82) is 0 Å². The second-order valence-corrected chi connectivity index (χ2v) is 5.17. The van der Waals surface area contributed by atoms with Gasteiger partial charge in [-0.1, -0.05) is 46.3 Å². The molecule has 1 aliphatic rings. The highest BCUT2D eigenvalue weighted by atomic mass is 79.9. The van der Waals surface area contributed by atoms with Gasteiger partial charge in [0, 0.05) is 22.7 Å². The van der Waals surface area contributed by atoms with E-state index in [9.17, 15) is 0 Å². The van der Waals surface area contributed by atoms with Crippen molar-refractivity contribution in [3.8, 4) is 5.75 Å². The van der Waals surface area contributed by atoms with E-state index < -0.39 is 0 Å². The van der Waals surface area contributed by atoms with Gasteiger partial charge in [-0.3, -0.25) is 4.98 Å². The van der Waals surface area contributed by atoms with E-state index in [0.29, 0.717) is 6.61 Å². The van der Waals surface area contributed by atoms with Crippen LogP contribution in [0.25, 0.3) is 5.57 Å². The maximum Gasteiger partial charge on any atom is 0.131 e. The molecule has 0 N–H and O–H groups in total. The molecule has 1 aliphatic heterocycles. The largest absolute Gasteiger partial charge is 0.487 e. The van der Waals surface area contributed by atoms with Crippen LogP contribution < -0.4 is 4.74 Å². The van der Waals surface area contributed by atoms with Crippen LogP contribution in [-0.2, 0) is 6.61 Å². The minimum Gasteiger partial charge on any atom is -0.487 e. The molecule has 3 rings (SSSR count). The summed E-state index contributed by atoms with van der Waals surface area (Å²) in [4.78, 5) is 4.44. The first-order valence-electron chi connectivity index (χ1n) is 6.33. The molecule has 0 bridgehead atoms. The van der Waals surface area contributed by atoms with Crippen LogP contribution in [0.15, 0.2) is 48.7 Å². The summed E-state index contributed by atoms with van der Waals surface area (Å²) < 4.78 is 5.87. The second-order valence-electron chi connectivity index (χ2n) is 4.38. The Balaban J connectivity index is 2.19. The maximum atomic E-state index is 5.87. The zero-order valence-corrected chi connectivity index (χ0v) is 12.1. The lowest BCUT2D eigenvalue weighted by Gasteiger charge is -2.09. The van der Waals surface area contributed by atoms with Gasteiger partial charge < -0.3 is 4.74 Å². The van der Waals surface area contributed by atoms with Gasteiger partial charge in [0.1, 0.15) is 12.4 Å². The molecule has 0 fully saturated rings. The summed E-state index contributed by atoms with van der Waals surface area (Å²) >= 11 is 3.48. The average molecular weight is 316 g/mol.